The van der Waals surface area contributed by atoms with Crippen molar-refractivity contribution >= 4 is 34.0 Å². The third-order valence-corrected chi connectivity index (χ3v) is 6.01. The highest BCUT2D eigenvalue weighted by molar-refractivity contribution is 6.35. The Morgan fingerprint density at radius 3 is 2.57 bits per heavy atom. The molecule has 1 unspecified atom stereocenters. The van der Waals surface area contributed by atoms with Crippen molar-refractivity contribution in [2.45, 2.75) is 19.4 Å². The lowest BCUT2D eigenvalue weighted by Gasteiger charge is -2.22. The van der Waals surface area contributed by atoms with Gasteiger partial charge in [-0.1, -0.05) is 11.6 Å². The van der Waals surface area contributed by atoms with Crippen molar-refractivity contribution in [3.05, 3.63) is 35.0 Å². The van der Waals surface area contributed by atoms with Crippen molar-refractivity contribution < 1.29 is 14.2 Å². The number of fused-ring (bicyclic) bond motifs is 1. The zero-order valence-corrected chi connectivity index (χ0v) is 18.3. The molecule has 2 aromatic heterocycles. The van der Waals surface area contributed by atoms with Gasteiger partial charge in [-0.25, -0.2) is 9.97 Å². The van der Waals surface area contributed by atoms with Crippen molar-refractivity contribution in [3.63, 3.8) is 0 Å². The molecule has 0 bridgehead atoms. The number of pyridine rings is 2. The van der Waals surface area contributed by atoms with Crippen LogP contribution >= 0.6 is 11.6 Å². The monoisotopic (exact) mass is 428 g/mol. The average molecular weight is 429 g/mol. The van der Waals surface area contributed by atoms with E-state index >= 15 is 0 Å². The molecule has 1 saturated heterocycles. The van der Waals surface area contributed by atoms with E-state index in [0.717, 1.165) is 52.9 Å². The molecule has 0 amide bonds. The van der Waals surface area contributed by atoms with Crippen LogP contribution in [0, 0.1) is 6.92 Å². The summed E-state index contributed by atoms with van der Waals surface area (Å²) in [5, 5.41) is 2.38. The van der Waals surface area contributed by atoms with Gasteiger partial charge in [-0.2, -0.15) is 0 Å². The molecule has 0 spiro atoms. The second-order valence-electron chi connectivity index (χ2n) is 7.35. The normalized spacial score (nSPS) is 16.3. The van der Waals surface area contributed by atoms with E-state index in [0.29, 0.717) is 22.3 Å². The van der Waals surface area contributed by atoms with Crippen molar-refractivity contribution in [2.24, 2.45) is 0 Å². The smallest absolute Gasteiger partial charge is 0.141 e. The maximum Gasteiger partial charge on any atom is 0.141 e. The van der Waals surface area contributed by atoms with E-state index in [1.807, 2.05) is 19.1 Å². The number of halogens is 1. The van der Waals surface area contributed by atoms with Gasteiger partial charge in [0, 0.05) is 54.4 Å². The standard InChI is InChI=1S/C22H25ClN4O3/c1-12-17(29-3)9-18(30-4)21(23)20(12)16-7-13-10-25-19(24)8-15(13)22(26-16)27-6-5-14(11-27)28-2/h7-10,14H,5-6,11H2,1-4H3,(H2,24,25). The molecule has 30 heavy (non-hydrogen) atoms. The van der Waals surface area contributed by atoms with Crippen LogP contribution in [0.25, 0.3) is 22.0 Å². The van der Waals surface area contributed by atoms with Crippen LogP contribution in [0.1, 0.15) is 12.0 Å². The fourth-order valence-electron chi connectivity index (χ4n) is 3.99. The van der Waals surface area contributed by atoms with Gasteiger partial charge in [0.2, 0.25) is 0 Å². The molecule has 0 radical (unpaired) electrons. The van der Waals surface area contributed by atoms with E-state index in [1.165, 1.54) is 0 Å². The number of rotatable bonds is 5. The lowest BCUT2D eigenvalue weighted by atomic mass is 10.0. The summed E-state index contributed by atoms with van der Waals surface area (Å²) in [4.78, 5) is 11.5. The second kappa shape index (κ2) is 8.16. The highest BCUT2D eigenvalue weighted by Crippen LogP contribution is 2.43. The van der Waals surface area contributed by atoms with E-state index in [-0.39, 0.29) is 6.10 Å². The summed E-state index contributed by atoms with van der Waals surface area (Å²) < 4.78 is 16.6. The molecular formula is C22H25ClN4O3. The molecule has 3 aromatic rings. The largest absolute Gasteiger partial charge is 0.496 e. The van der Waals surface area contributed by atoms with Crippen LogP contribution in [0.4, 0.5) is 11.6 Å². The van der Waals surface area contributed by atoms with Gasteiger partial charge in [-0.05, 0) is 25.5 Å². The van der Waals surface area contributed by atoms with E-state index in [9.17, 15) is 0 Å². The quantitative estimate of drug-likeness (QED) is 0.655. The molecule has 0 aliphatic carbocycles. The second-order valence-corrected chi connectivity index (χ2v) is 7.73. The van der Waals surface area contributed by atoms with Gasteiger partial charge in [0.1, 0.15) is 23.1 Å². The Kier molecular flexibility index (Phi) is 5.58. The number of hydrogen-bond donors (Lipinski definition) is 1. The van der Waals surface area contributed by atoms with Crippen LogP contribution < -0.4 is 20.1 Å². The molecule has 1 fully saturated rings. The number of nitrogens with zero attached hydrogens (tertiary/aromatic N) is 3. The Morgan fingerprint density at radius 2 is 1.90 bits per heavy atom. The first-order valence-corrected chi connectivity index (χ1v) is 10.1. The third kappa shape index (κ3) is 3.48. The van der Waals surface area contributed by atoms with E-state index in [4.69, 9.17) is 36.5 Å². The number of nitrogen functional groups attached to an aromatic ring is 1. The Morgan fingerprint density at radius 1 is 1.13 bits per heavy atom. The molecule has 158 valence electrons. The first kappa shape index (κ1) is 20.5. The third-order valence-electron chi connectivity index (χ3n) is 5.63. The van der Waals surface area contributed by atoms with Gasteiger partial charge in [0.25, 0.3) is 0 Å². The lowest BCUT2D eigenvalue weighted by Crippen LogP contribution is -2.23. The topological polar surface area (TPSA) is 82.7 Å². The zero-order valence-electron chi connectivity index (χ0n) is 17.5. The first-order valence-electron chi connectivity index (χ1n) is 9.72. The highest BCUT2D eigenvalue weighted by Gasteiger charge is 2.26. The number of nitrogens with two attached hydrogens (primary N) is 1. The molecule has 4 rings (SSSR count). The molecule has 1 atom stereocenters. The van der Waals surface area contributed by atoms with Crippen LogP contribution in [0.5, 0.6) is 11.5 Å². The summed E-state index contributed by atoms with van der Waals surface area (Å²) in [6, 6.07) is 5.62. The molecule has 2 N–H and O–H groups in total. The van der Waals surface area contributed by atoms with Crippen molar-refractivity contribution in [2.75, 3.05) is 45.1 Å². The Hall–Kier alpha value is -2.77. The Labute approximate surface area is 180 Å². The number of anilines is 2. The minimum atomic E-state index is 0.173. The van der Waals surface area contributed by atoms with Gasteiger partial charge < -0.3 is 24.8 Å². The predicted molar refractivity (Wildman–Crippen MR) is 120 cm³/mol. The summed E-state index contributed by atoms with van der Waals surface area (Å²) in [5.41, 5.74) is 8.37. The molecule has 7 nitrogen and oxygen atoms in total. The molecule has 0 saturated carbocycles. The maximum absolute atomic E-state index is 6.72. The summed E-state index contributed by atoms with van der Waals surface area (Å²) in [7, 11) is 4.95. The maximum atomic E-state index is 6.72. The SMILES string of the molecule is COc1cc(OC)c(Cl)c(-c2cc3cnc(N)cc3c(N3CCC(OC)C3)n2)c1C. The lowest BCUT2D eigenvalue weighted by molar-refractivity contribution is 0.121. The van der Waals surface area contributed by atoms with Gasteiger partial charge in [-0.3, -0.25) is 0 Å². The molecule has 3 heterocycles. The average Bonchev–Trinajstić information content (AvgIpc) is 3.23. The number of hydrogen-bond acceptors (Lipinski definition) is 7. The zero-order chi connectivity index (χ0) is 21.4. The van der Waals surface area contributed by atoms with Gasteiger partial charge in [-0.15, -0.1) is 0 Å². The number of methoxy groups -OCH3 is 3. The summed E-state index contributed by atoms with van der Waals surface area (Å²) in [6.07, 6.45) is 2.88. The summed E-state index contributed by atoms with van der Waals surface area (Å²) >= 11 is 6.72. The molecule has 8 heteroatoms. The van der Waals surface area contributed by atoms with Crippen LogP contribution in [0.3, 0.4) is 0 Å². The predicted octanol–water partition coefficient (Wildman–Crippen LogP) is 4.08. The van der Waals surface area contributed by atoms with Gasteiger partial charge >= 0.3 is 0 Å². The van der Waals surface area contributed by atoms with Gasteiger partial charge in [0.05, 0.1) is 31.0 Å². The van der Waals surface area contributed by atoms with Crippen LogP contribution in [0.15, 0.2) is 24.4 Å². The highest BCUT2D eigenvalue weighted by atomic mass is 35.5. The van der Waals surface area contributed by atoms with Crippen LogP contribution in [-0.4, -0.2) is 50.5 Å². The minimum absolute atomic E-state index is 0.173. The Bertz CT molecular complexity index is 1080. The van der Waals surface area contributed by atoms with E-state index < -0.39 is 0 Å². The number of aromatic nitrogens is 2. The molecule has 1 aliphatic rings. The first-order chi connectivity index (χ1) is 14.5. The van der Waals surface area contributed by atoms with E-state index in [2.05, 4.69) is 9.88 Å². The van der Waals surface area contributed by atoms with Crippen molar-refractivity contribution in [1.29, 1.82) is 0 Å². The molecular weight excluding hydrogens is 404 g/mol. The molecule has 1 aromatic carbocycles. The molecule has 1 aliphatic heterocycles. The summed E-state index contributed by atoms with van der Waals surface area (Å²) in [6.45, 7) is 3.57. The van der Waals surface area contributed by atoms with E-state index in [1.54, 1.807) is 33.6 Å². The number of benzene rings is 1. The fraction of sp³-hybridized carbons (Fsp3) is 0.364. The summed E-state index contributed by atoms with van der Waals surface area (Å²) in [5.74, 6) is 2.52. The van der Waals surface area contributed by atoms with Crippen LogP contribution in [0.2, 0.25) is 5.02 Å². The van der Waals surface area contributed by atoms with Crippen LogP contribution in [-0.2, 0) is 4.74 Å². The van der Waals surface area contributed by atoms with Gasteiger partial charge in [0.15, 0.2) is 0 Å². The van der Waals surface area contributed by atoms with Crippen molar-refractivity contribution in [1.82, 2.24) is 9.97 Å². The van der Waals surface area contributed by atoms with Crippen molar-refractivity contribution in [3.8, 4) is 22.8 Å². The number of ether oxygens (including phenoxy) is 3. The minimum Gasteiger partial charge on any atom is -0.496 e. The fourth-order valence-corrected chi connectivity index (χ4v) is 4.36. The Balaban J connectivity index is 1.97.